The second kappa shape index (κ2) is 7.42. The molecular weight excluding hydrogens is 308 g/mol. The topological polar surface area (TPSA) is 49.4 Å². The predicted octanol–water partition coefficient (Wildman–Crippen LogP) is 2.46. The molecule has 2 amide bonds. The van der Waals surface area contributed by atoms with E-state index >= 15 is 0 Å². The summed E-state index contributed by atoms with van der Waals surface area (Å²) in [5.41, 5.74) is 1.21. The van der Waals surface area contributed by atoms with Crippen molar-refractivity contribution in [3.05, 3.63) is 58.3 Å². The van der Waals surface area contributed by atoms with E-state index in [0.717, 1.165) is 11.3 Å². The van der Waals surface area contributed by atoms with E-state index in [1.54, 1.807) is 11.3 Å². The third kappa shape index (κ3) is 4.20. The Bertz CT molecular complexity index is 655. The number of likely N-dealkylation sites (tertiary alicyclic amines) is 1. The maximum atomic E-state index is 12.2. The zero-order valence-corrected chi connectivity index (χ0v) is 13.7. The highest BCUT2D eigenvalue weighted by Gasteiger charge is 2.33. The van der Waals surface area contributed by atoms with Crippen LogP contribution in [0.25, 0.3) is 0 Å². The van der Waals surface area contributed by atoms with E-state index in [4.69, 9.17) is 0 Å². The highest BCUT2D eigenvalue weighted by molar-refractivity contribution is 7.09. The lowest BCUT2D eigenvalue weighted by Gasteiger charge is -2.16. The molecular formula is C18H20N2O2S. The molecule has 1 unspecified atom stereocenters. The summed E-state index contributed by atoms with van der Waals surface area (Å²) in [4.78, 5) is 27.2. The Morgan fingerprint density at radius 2 is 2.04 bits per heavy atom. The molecule has 3 rings (SSSR count). The highest BCUT2D eigenvalue weighted by Crippen LogP contribution is 2.19. The molecule has 0 aliphatic carbocycles. The first kappa shape index (κ1) is 15.7. The molecule has 23 heavy (non-hydrogen) atoms. The first-order valence-corrected chi connectivity index (χ1v) is 8.72. The van der Waals surface area contributed by atoms with Crippen molar-refractivity contribution in [2.45, 2.75) is 19.4 Å². The van der Waals surface area contributed by atoms with Crippen LogP contribution in [0, 0.1) is 5.92 Å². The fraction of sp³-hybridized carbons (Fsp3) is 0.333. The lowest BCUT2D eigenvalue weighted by molar-refractivity contribution is -0.129. The predicted molar refractivity (Wildman–Crippen MR) is 91.0 cm³/mol. The largest absolute Gasteiger partial charge is 0.351 e. The standard InChI is InChI=1S/C18H20N2O2S/c21-17-11-15(18(22)19-12-16-7-4-10-23-16)13-20(17)9-8-14-5-2-1-3-6-14/h1-7,10,15H,8-9,11-13H2,(H,19,22). The third-order valence-electron chi connectivity index (χ3n) is 4.12. The number of hydrogen-bond donors (Lipinski definition) is 1. The molecule has 1 fully saturated rings. The Kier molecular flexibility index (Phi) is 5.08. The van der Waals surface area contributed by atoms with Crippen LogP contribution in [0.15, 0.2) is 47.8 Å². The Labute approximate surface area is 140 Å². The second-order valence-corrected chi connectivity index (χ2v) is 6.81. The van der Waals surface area contributed by atoms with Gasteiger partial charge >= 0.3 is 0 Å². The van der Waals surface area contributed by atoms with Gasteiger partial charge in [-0.15, -0.1) is 11.3 Å². The van der Waals surface area contributed by atoms with Gasteiger partial charge in [-0.25, -0.2) is 0 Å². The van der Waals surface area contributed by atoms with Crippen molar-refractivity contribution in [2.24, 2.45) is 5.92 Å². The van der Waals surface area contributed by atoms with Gasteiger partial charge in [-0.05, 0) is 23.4 Å². The zero-order chi connectivity index (χ0) is 16.1. The van der Waals surface area contributed by atoms with Crippen LogP contribution < -0.4 is 5.32 Å². The normalized spacial score (nSPS) is 17.5. The van der Waals surface area contributed by atoms with Gasteiger partial charge in [0.15, 0.2) is 0 Å². The number of carbonyl (C=O) groups is 2. The van der Waals surface area contributed by atoms with Gasteiger partial charge in [-0.2, -0.15) is 0 Å². The molecule has 0 spiro atoms. The van der Waals surface area contributed by atoms with E-state index in [-0.39, 0.29) is 17.7 Å². The summed E-state index contributed by atoms with van der Waals surface area (Å²) in [6.07, 6.45) is 1.15. The Morgan fingerprint density at radius 1 is 1.22 bits per heavy atom. The molecule has 1 N–H and O–H groups in total. The highest BCUT2D eigenvalue weighted by atomic mass is 32.1. The smallest absolute Gasteiger partial charge is 0.225 e. The van der Waals surface area contributed by atoms with E-state index < -0.39 is 0 Å². The van der Waals surface area contributed by atoms with Crippen LogP contribution in [0.5, 0.6) is 0 Å². The van der Waals surface area contributed by atoms with Crippen LogP contribution in [0.1, 0.15) is 16.9 Å². The van der Waals surface area contributed by atoms with Crippen molar-refractivity contribution < 1.29 is 9.59 Å². The third-order valence-corrected chi connectivity index (χ3v) is 4.99. The molecule has 1 aromatic heterocycles. The molecule has 5 heteroatoms. The number of carbonyl (C=O) groups excluding carboxylic acids is 2. The summed E-state index contributed by atoms with van der Waals surface area (Å²) in [5, 5.41) is 4.93. The minimum Gasteiger partial charge on any atom is -0.351 e. The number of hydrogen-bond acceptors (Lipinski definition) is 3. The van der Waals surface area contributed by atoms with Gasteiger partial charge in [0.2, 0.25) is 11.8 Å². The lowest BCUT2D eigenvalue weighted by atomic mass is 10.1. The summed E-state index contributed by atoms with van der Waals surface area (Å²) >= 11 is 1.62. The van der Waals surface area contributed by atoms with Crippen molar-refractivity contribution in [1.29, 1.82) is 0 Å². The van der Waals surface area contributed by atoms with Crippen molar-refractivity contribution in [3.63, 3.8) is 0 Å². The van der Waals surface area contributed by atoms with Crippen molar-refractivity contribution >= 4 is 23.2 Å². The molecule has 2 heterocycles. The second-order valence-electron chi connectivity index (χ2n) is 5.77. The number of nitrogens with zero attached hydrogens (tertiary/aromatic N) is 1. The monoisotopic (exact) mass is 328 g/mol. The molecule has 1 aliphatic rings. The van der Waals surface area contributed by atoms with Gasteiger partial charge in [-0.1, -0.05) is 36.4 Å². The van der Waals surface area contributed by atoms with Crippen molar-refractivity contribution in [2.75, 3.05) is 13.1 Å². The van der Waals surface area contributed by atoms with E-state index in [2.05, 4.69) is 17.4 Å². The average molecular weight is 328 g/mol. The fourth-order valence-corrected chi connectivity index (χ4v) is 3.45. The SMILES string of the molecule is O=C(NCc1cccs1)C1CC(=O)N(CCc2ccccc2)C1. The van der Waals surface area contributed by atoms with Crippen LogP contribution in [0.4, 0.5) is 0 Å². The number of nitrogens with one attached hydrogen (secondary N) is 1. The molecule has 1 aromatic carbocycles. The van der Waals surface area contributed by atoms with Crippen LogP contribution >= 0.6 is 11.3 Å². The maximum Gasteiger partial charge on any atom is 0.225 e. The quantitative estimate of drug-likeness (QED) is 0.885. The Morgan fingerprint density at radius 3 is 2.78 bits per heavy atom. The van der Waals surface area contributed by atoms with Crippen LogP contribution in [0.3, 0.4) is 0 Å². The van der Waals surface area contributed by atoms with E-state index in [0.29, 0.717) is 26.1 Å². The van der Waals surface area contributed by atoms with Gasteiger partial charge in [-0.3, -0.25) is 9.59 Å². The molecule has 2 aromatic rings. The van der Waals surface area contributed by atoms with Gasteiger partial charge in [0.25, 0.3) is 0 Å². The first-order chi connectivity index (χ1) is 11.2. The number of thiophene rings is 1. The Balaban J connectivity index is 1.47. The van der Waals surface area contributed by atoms with Gasteiger partial charge < -0.3 is 10.2 Å². The maximum absolute atomic E-state index is 12.2. The number of benzene rings is 1. The van der Waals surface area contributed by atoms with Crippen LogP contribution in [-0.4, -0.2) is 29.8 Å². The van der Waals surface area contributed by atoms with Crippen LogP contribution in [-0.2, 0) is 22.6 Å². The summed E-state index contributed by atoms with van der Waals surface area (Å²) in [6.45, 7) is 1.75. The van der Waals surface area contributed by atoms with E-state index in [1.807, 2.05) is 40.6 Å². The molecule has 4 nitrogen and oxygen atoms in total. The van der Waals surface area contributed by atoms with E-state index in [9.17, 15) is 9.59 Å². The van der Waals surface area contributed by atoms with Crippen molar-refractivity contribution in [3.8, 4) is 0 Å². The average Bonchev–Trinajstić information content (AvgIpc) is 3.21. The Hall–Kier alpha value is -2.14. The van der Waals surface area contributed by atoms with Gasteiger partial charge in [0.05, 0.1) is 12.5 Å². The lowest BCUT2D eigenvalue weighted by Crippen LogP contribution is -2.33. The summed E-state index contributed by atoms with van der Waals surface area (Å²) in [7, 11) is 0. The zero-order valence-electron chi connectivity index (χ0n) is 12.9. The number of amides is 2. The van der Waals surface area contributed by atoms with Crippen molar-refractivity contribution in [1.82, 2.24) is 10.2 Å². The molecule has 0 bridgehead atoms. The molecule has 1 atom stereocenters. The molecule has 0 radical (unpaired) electrons. The minimum absolute atomic E-state index is 0.0195. The van der Waals surface area contributed by atoms with Gasteiger partial charge in [0, 0.05) is 24.4 Å². The summed E-state index contributed by atoms with van der Waals surface area (Å²) < 4.78 is 0. The minimum atomic E-state index is -0.224. The summed E-state index contributed by atoms with van der Waals surface area (Å²) in [6, 6.07) is 14.1. The van der Waals surface area contributed by atoms with Crippen LogP contribution in [0.2, 0.25) is 0 Å². The molecule has 0 saturated carbocycles. The summed E-state index contributed by atoms with van der Waals surface area (Å²) in [5.74, 6) is -0.163. The molecule has 120 valence electrons. The van der Waals surface area contributed by atoms with E-state index in [1.165, 1.54) is 5.56 Å². The van der Waals surface area contributed by atoms with Gasteiger partial charge in [0.1, 0.15) is 0 Å². The fourth-order valence-electron chi connectivity index (χ4n) is 2.80. The molecule has 1 saturated heterocycles. The number of rotatable bonds is 6. The first-order valence-electron chi connectivity index (χ1n) is 7.84. The molecule has 1 aliphatic heterocycles.